The lowest BCUT2D eigenvalue weighted by Crippen LogP contribution is -2.27. The van der Waals surface area contributed by atoms with Gasteiger partial charge in [-0.15, -0.1) is 0 Å². The predicted octanol–water partition coefficient (Wildman–Crippen LogP) is 2.16. The average molecular weight is 279 g/mol. The van der Waals surface area contributed by atoms with Gasteiger partial charge in [0.15, 0.2) is 0 Å². The molecule has 0 saturated carbocycles. The molecule has 1 aromatic heterocycles. The molecule has 0 aromatic carbocycles. The zero-order valence-corrected chi connectivity index (χ0v) is 13.2. The normalized spacial score (nSPS) is 20.1. The van der Waals surface area contributed by atoms with E-state index < -0.39 is 0 Å². The van der Waals surface area contributed by atoms with Crippen LogP contribution in [0.25, 0.3) is 0 Å². The number of rotatable bonds is 8. The first-order valence-corrected chi connectivity index (χ1v) is 7.82. The second kappa shape index (κ2) is 7.81. The third kappa shape index (κ3) is 4.62. The lowest BCUT2D eigenvalue weighted by molar-refractivity contribution is 0.247. The molecule has 0 amide bonds. The fourth-order valence-corrected chi connectivity index (χ4v) is 2.99. The van der Waals surface area contributed by atoms with E-state index in [0.717, 1.165) is 37.9 Å². The van der Waals surface area contributed by atoms with Gasteiger partial charge in [-0.05, 0) is 52.0 Å². The molecule has 4 nitrogen and oxygen atoms in total. The molecule has 2 rings (SSSR count). The number of nitrogens with one attached hydrogen (secondary N) is 1. The van der Waals surface area contributed by atoms with Gasteiger partial charge in [0.05, 0.1) is 12.8 Å². The Bertz CT molecular complexity index is 391. The molecule has 1 N–H and O–H groups in total. The Labute approximate surface area is 123 Å². The van der Waals surface area contributed by atoms with Gasteiger partial charge < -0.3 is 14.6 Å². The highest BCUT2D eigenvalue weighted by Gasteiger charge is 2.21. The molecule has 1 unspecified atom stereocenters. The minimum absolute atomic E-state index is 0.807. The molecule has 114 valence electrons. The summed E-state index contributed by atoms with van der Waals surface area (Å²) in [6, 6.07) is 2.09. The summed E-state index contributed by atoms with van der Waals surface area (Å²) in [5, 5.41) is 3.44. The Morgan fingerprint density at radius 3 is 3.05 bits per heavy atom. The molecule has 0 spiro atoms. The largest absolute Gasteiger partial charge is 0.468 e. The highest BCUT2D eigenvalue weighted by atomic mass is 16.3. The van der Waals surface area contributed by atoms with Crippen molar-refractivity contribution in [2.45, 2.75) is 32.9 Å². The molecule has 1 aliphatic heterocycles. The van der Waals surface area contributed by atoms with Gasteiger partial charge >= 0.3 is 0 Å². The van der Waals surface area contributed by atoms with Crippen molar-refractivity contribution in [1.29, 1.82) is 0 Å². The van der Waals surface area contributed by atoms with Gasteiger partial charge in [-0.25, -0.2) is 0 Å². The van der Waals surface area contributed by atoms with E-state index in [9.17, 15) is 0 Å². The summed E-state index contributed by atoms with van der Waals surface area (Å²) in [5.74, 6) is 1.92. The van der Waals surface area contributed by atoms with Gasteiger partial charge in [-0.2, -0.15) is 0 Å². The van der Waals surface area contributed by atoms with Gasteiger partial charge in [0.1, 0.15) is 5.76 Å². The van der Waals surface area contributed by atoms with Crippen LogP contribution in [0.4, 0.5) is 0 Å². The van der Waals surface area contributed by atoms with E-state index >= 15 is 0 Å². The van der Waals surface area contributed by atoms with E-state index in [2.05, 4.69) is 42.2 Å². The number of furan rings is 1. The fraction of sp³-hybridized carbons (Fsp3) is 0.750. The van der Waals surface area contributed by atoms with Crippen LogP contribution in [-0.2, 0) is 13.1 Å². The number of hydrogen-bond acceptors (Lipinski definition) is 4. The molecule has 1 atom stereocenters. The summed E-state index contributed by atoms with van der Waals surface area (Å²) in [6.07, 6.45) is 4.31. The lowest BCUT2D eigenvalue weighted by atomic mass is 10.1. The third-order valence-corrected chi connectivity index (χ3v) is 4.05. The molecule has 20 heavy (non-hydrogen) atoms. The molecule has 1 aliphatic rings. The van der Waals surface area contributed by atoms with Crippen molar-refractivity contribution >= 4 is 0 Å². The average Bonchev–Trinajstić information content (AvgIpc) is 3.00. The van der Waals surface area contributed by atoms with E-state index in [1.54, 1.807) is 0 Å². The zero-order chi connectivity index (χ0) is 14.4. The van der Waals surface area contributed by atoms with Crippen molar-refractivity contribution in [2.24, 2.45) is 5.92 Å². The number of likely N-dealkylation sites (tertiary alicyclic amines) is 1. The van der Waals surface area contributed by atoms with Gasteiger partial charge in [-0.3, -0.25) is 4.90 Å². The van der Waals surface area contributed by atoms with E-state index in [1.807, 2.05) is 6.26 Å². The molecule has 2 heterocycles. The molecule has 4 heteroatoms. The smallest absolute Gasteiger partial charge is 0.122 e. The molecule has 0 radical (unpaired) electrons. The van der Waals surface area contributed by atoms with Crippen LogP contribution in [0.2, 0.25) is 0 Å². The Morgan fingerprint density at radius 1 is 1.50 bits per heavy atom. The van der Waals surface area contributed by atoms with Crippen LogP contribution in [0.15, 0.2) is 16.7 Å². The summed E-state index contributed by atoms with van der Waals surface area (Å²) >= 11 is 0. The Kier molecular flexibility index (Phi) is 6.07. The van der Waals surface area contributed by atoms with Crippen molar-refractivity contribution in [3.63, 3.8) is 0 Å². The van der Waals surface area contributed by atoms with E-state index in [0.29, 0.717) is 0 Å². The van der Waals surface area contributed by atoms with Crippen LogP contribution >= 0.6 is 0 Å². The van der Waals surface area contributed by atoms with Crippen molar-refractivity contribution in [1.82, 2.24) is 15.1 Å². The van der Waals surface area contributed by atoms with Crippen LogP contribution in [0, 0.1) is 5.92 Å². The molecular formula is C16H29N3O. The zero-order valence-electron chi connectivity index (χ0n) is 13.2. The molecule has 1 fully saturated rings. The first-order chi connectivity index (χ1) is 9.69. The highest BCUT2D eigenvalue weighted by Crippen LogP contribution is 2.18. The van der Waals surface area contributed by atoms with Crippen molar-refractivity contribution < 1.29 is 4.42 Å². The second-order valence-corrected chi connectivity index (χ2v) is 6.16. The Hall–Kier alpha value is -0.840. The SMILES string of the molecule is CCCNCc1ccoc1CN(C)CC1CCN(C)C1. The molecule has 0 bridgehead atoms. The molecule has 0 aliphatic carbocycles. The Balaban J connectivity index is 1.78. The van der Waals surface area contributed by atoms with Gasteiger partial charge in [0.25, 0.3) is 0 Å². The summed E-state index contributed by atoms with van der Waals surface area (Å²) in [7, 11) is 4.41. The van der Waals surface area contributed by atoms with Crippen molar-refractivity contribution in [3.8, 4) is 0 Å². The number of hydrogen-bond donors (Lipinski definition) is 1. The van der Waals surface area contributed by atoms with E-state index in [4.69, 9.17) is 4.42 Å². The molecular weight excluding hydrogens is 250 g/mol. The lowest BCUT2D eigenvalue weighted by Gasteiger charge is -2.20. The summed E-state index contributed by atoms with van der Waals surface area (Å²) in [5.41, 5.74) is 1.30. The molecule has 1 saturated heterocycles. The quantitative estimate of drug-likeness (QED) is 0.739. The maximum Gasteiger partial charge on any atom is 0.122 e. The van der Waals surface area contributed by atoms with Crippen LogP contribution in [0.3, 0.4) is 0 Å². The number of nitrogens with zero attached hydrogens (tertiary/aromatic N) is 2. The maximum absolute atomic E-state index is 5.66. The maximum atomic E-state index is 5.66. The van der Waals surface area contributed by atoms with Crippen LogP contribution in [0.1, 0.15) is 31.1 Å². The first-order valence-electron chi connectivity index (χ1n) is 7.82. The summed E-state index contributed by atoms with van der Waals surface area (Å²) in [4.78, 5) is 4.82. The van der Waals surface area contributed by atoms with E-state index in [-0.39, 0.29) is 0 Å². The van der Waals surface area contributed by atoms with Gasteiger partial charge in [0, 0.05) is 25.2 Å². The van der Waals surface area contributed by atoms with Crippen LogP contribution in [0.5, 0.6) is 0 Å². The predicted molar refractivity (Wildman–Crippen MR) is 82.6 cm³/mol. The van der Waals surface area contributed by atoms with Crippen molar-refractivity contribution in [3.05, 3.63) is 23.7 Å². The minimum atomic E-state index is 0.807. The fourth-order valence-electron chi connectivity index (χ4n) is 2.99. The monoisotopic (exact) mass is 279 g/mol. The standard InChI is InChI=1S/C16H29N3O/c1-4-7-17-10-15-6-9-20-16(15)13-19(3)12-14-5-8-18(2)11-14/h6,9,14,17H,4-5,7-8,10-13H2,1-3H3. The minimum Gasteiger partial charge on any atom is -0.468 e. The first kappa shape index (κ1) is 15.5. The molecule has 1 aromatic rings. The van der Waals surface area contributed by atoms with Crippen molar-refractivity contribution in [2.75, 3.05) is 40.3 Å². The summed E-state index contributed by atoms with van der Waals surface area (Å²) in [6.45, 7) is 8.71. The van der Waals surface area contributed by atoms with Gasteiger partial charge in [-0.1, -0.05) is 6.92 Å². The second-order valence-electron chi connectivity index (χ2n) is 6.16. The topological polar surface area (TPSA) is 31.7 Å². The third-order valence-electron chi connectivity index (χ3n) is 4.05. The Morgan fingerprint density at radius 2 is 2.35 bits per heavy atom. The van der Waals surface area contributed by atoms with E-state index in [1.165, 1.54) is 31.5 Å². The highest BCUT2D eigenvalue weighted by molar-refractivity contribution is 5.16. The van der Waals surface area contributed by atoms with Crippen LogP contribution < -0.4 is 5.32 Å². The summed E-state index contributed by atoms with van der Waals surface area (Å²) < 4.78 is 5.66. The van der Waals surface area contributed by atoms with Crippen LogP contribution in [-0.4, -0.2) is 50.1 Å². The van der Waals surface area contributed by atoms with Gasteiger partial charge in [0.2, 0.25) is 0 Å².